The maximum absolute atomic E-state index is 14.3. The largest absolute Gasteiger partial charge is 0.481 e. The lowest BCUT2D eigenvalue weighted by Crippen LogP contribution is -2.41. The van der Waals surface area contributed by atoms with Gasteiger partial charge in [-0.1, -0.05) is 38.1 Å². The van der Waals surface area contributed by atoms with E-state index in [1.807, 2.05) is 29.2 Å². The molecule has 2 heterocycles. The van der Waals surface area contributed by atoms with E-state index in [4.69, 9.17) is 4.74 Å². The molecule has 194 valence electrons. The molecule has 0 radical (unpaired) electrons. The van der Waals surface area contributed by atoms with E-state index in [2.05, 4.69) is 24.3 Å². The topological polar surface area (TPSA) is 76.5 Å². The van der Waals surface area contributed by atoms with Crippen LogP contribution in [0.25, 0.3) is 5.69 Å². The van der Waals surface area contributed by atoms with Crippen molar-refractivity contribution in [3.8, 4) is 11.6 Å². The maximum atomic E-state index is 14.3. The second kappa shape index (κ2) is 10.00. The van der Waals surface area contributed by atoms with Gasteiger partial charge in [0, 0.05) is 30.8 Å². The van der Waals surface area contributed by atoms with Gasteiger partial charge in [0.2, 0.25) is 5.88 Å². The number of halogens is 1. The highest BCUT2D eigenvalue weighted by Crippen LogP contribution is 2.54. The number of carbonyl (C=O) groups excluding carboxylic acids is 2. The highest BCUT2D eigenvalue weighted by molar-refractivity contribution is 5.94. The first-order chi connectivity index (χ1) is 17.8. The van der Waals surface area contributed by atoms with Gasteiger partial charge in [-0.2, -0.15) is 9.78 Å². The summed E-state index contributed by atoms with van der Waals surface area (Å²) in [4.78, 5) is 27.9. The third-order valence-corrected chi connectivity index (χ3v) is 7.59. The van der Waals surface area contributed by atoms with Crippen LogP contribution in [0.2, 0.25) is 0 Å². The summed E-state index contributed by atoms with van der Waals surface area (Å²) in [7, 11) is 1.46. The van der Waals surface area contributed by atoms with Crippen LogP contribution in [0.5, 0.6) is 5.88 Å². The third kappa shape index (κ3) is 5.10. The van der Waals surface area contributed by atoms with Crippen LogP contribution in [0.15, 0.2) is 54.6 Å². The minimum atomic E-state index is -0.454. The van der Waals surface area contributed by atoms with Crippen molar-refractivity contribution in [3.05, 3.63) is 77.2 Å². The molecule has 1 N–H and O–H groups in total. The summed E-state index contributed by atoms with van der Waals surface area (Å²) < 4.78 is 20.9. The average Bonchev–Trinajstić information content (AvgIpc) is 3.34. The number of likely N-dealkylation sites (tertiary alicyclic amines) is 1. The standard InChI is InChI=1S/C29H33FN4O3/c1-19(2)16-20-8-10-21(11-9-20)28(36)33-14-12-29(13-15-33)18-25(29)31-27(35)23-17-26(37-3)34(32-23)24-7-5-4-6-22(24)30/h4-11,17,19,25H,12-16,18H2,1-3H3,(H,31,35). The second-order valence-corrected chi connectivity index (χ2v) is 10.6. The van der Waals surface area contributed by atoms with Gasteiger partial charge in [0.15, 0.2) is 5.69 Å². The van der Waals surface area contributed by atoms with Gasteiger partial charge in [0.05, 0.1) is 7.11 Å². The van der Waals surface area contributed by atoms with E-state index in [0.717, 1.165) is 31.2 Å². The van der Waals surface area contributed by atoms with E-state index in [1.165, 1.54) is 29.5 Å². The molecule has 3 aromatic rings. The fraction of sp³-hybridized carbons (Fsp3) is 0.414. The number of methoxy groups -OCH3 is 1. The molecule has 8 heteroatoms. The Morgan fingerprint density at radius 3 is 2.49 bits per heavy atom. The molecular formula is C29H33FN4O3. The zero-order chi connectivity index (χ0) is 26.2. The molecule has 1 spiro atoms. The minimum absolute atomic E-state index is 0.0196. The number of piperidine rings is 1. The Bertz CT molecular complexity index is 1290. The molecule has 0 bridgehead atoms. The van der Waals surface area contributed by atoms with Crippen molar-refractivity contribution in [2.24, 2.45) is 11.3 Å². The third-order valence-electron chi connectivity index (χ3n) is 7.59. The van der Waals surface area contributed by atoms with Crippen molar-refractivity contribution in [2.75, 3.05) is 20.2 Å². The molecule has 1 aliphatic carbocycles. The van der Waals surface area contributed by atoms with Gasteiger partial charge in [-0.3, -0.25) is 9.59 Å². The fourth-order valence-electron chi connectivity index (χ4n) is 5.35. The van der Waals surface area contributed by atoms with Crippen LogP contribution in [0, 0.1) is 17.2 Å². The van der Waals surface area contributed by atoms with Crippen molar-refractivity contribution in [1.29, 1.82) is 0 Å². The van der Waals surface area contributed by atoms with E-state index in [9.17, 15) is 14.0 Å². The summed E-state index contributed by atoms with van der Waals surface area (Å²) in [6.07, 6.45) is 3.59. The zero-order valence-corrected chi connectivity index (χ0v) is 21.5. The predicted molar refractivity (Wildman–Crippen MR) is 138 cm³/mol. The molecule has 5 rings (SSSR count). The second-order valence-electron chi connectivity index (χ2n) is 10.6. The molecule has 1 aromatic heterocycles. The first kappa shape index (κ1) is 25.0. The summed E-state index contributed by atoms with van der Waals surface area (Å²) in [5.41, 5.74) is 2.38. The summed E-state index contributed by atoms with van der Waals surface area (Å²) in [5.74, 6) is 0.166. The SMILES string of the molecule is COc1cc(C(=O)NC2CC23CCN(C(=O)c2ccc(CC(C)C)cc2)CC3)nn1-c1ccccc1F. The molecule has 2 amide bonds. The van der Waals surface area contributed by atoms with E-state index < -0.39 is 5.82 Å². The van der Waals surface area contributed by atoms with Crippen LogP contribution < -0.4 is 10.1 Å². The molecule has 2 aromatic carbocycles. The van der Waals surface area contributed by atoms with E-state index in [1.54, 1.807) is 18.2 Å². The number of para-hydroxylation sites is 1. The number of nitrogens with zero attached hydrogens (tertiary/aromatic N) is 3. The molecule has 1 aliphatic heterocycles. The van der Waals surface area contributed by atoms with Crippen molar-refractivity contribution < 1.29 is 18.7 Å². The molecule has 1 unspecified atom stereocenters. The Morgan fingerprint density at radius 1 is 1.14 bits per heavy atom. The Balaban J connectivity index is 1.18. The lowest BCUT2D eigenvalue weighted by molar-refractivity contribution is 0.0667. The Hall–Kier alpha value is -3.68. The van der Waals surface area contributed by atoms with E-state index in [0.29, 0.717) is 19.0 Å². The minimum Gasteiger partial charge on any atom is -0.481 e. The monoisotopic (exact) mass is 504 g/mol. The van der Waals surface area contributed by atoms with Gasteiger partial charge < -0.3 is 15.0 Å². The van der Waals surface area contributed by atoms with Gasteiger partial charge in [0.25, 0.3) is 11.8 Å². The smallest absolute Gasteiger partial charge is 0.272 e. The molecule has 1 atom stereocenters. The van der Waals surface area contributed by atoms with Crippen molar-refractivity contribution in [3.63, 3.8) is 0 Å². The van der Waals surface area contributed by atoms with Crippen LogP contribution in [-0.4, -0.2) is 52.7 Å². The number of benzene rings is 2. The summed E-state index contributed by atoms with van der Waals surface area (Å²) in [6, 6.07) is 15.7. The summed E-state index contributed by atoms with van der Waals surface area (Å²) in [6.45, 7) is 5.72. The average molecular weight is 505 g/mol. The first-order valence-corrected chi connectivity index (χ1v) is 12.9. The zero-order valence-electron chi connectivity index (χ0n) is 21.5. The molecule has 7 nitrogen and oxygen atoms in total. The van der Waals surface area contributed by atoms with Crippen LogP contribution in [0.4, 0.5) is 4.39 Å². The number of aromatic nitrogens is 2. The van der Waals surface area contributed by atoms with Gasteiger partial charge >= 0.3 is 0 Å². The Kier molecular flexibility index (Phi) is 6.75. The highest BCUT2D eigenvalue weighted by Gasteiger charge is 2.56. The first-order valence-electron chi connectivity index (χ1n) is 12.9. The van der Waals surface area contributed by atoms with Crippen LogP contribution in [0.3, 0.4) is 0 Å². The molecule has 37 heavy (non-hydrogen) atoms. The van der Waals surface area contributed by atoms with Crippen LogP contribution in [-0.2, 0) is 6.42 Å². The number of rotatable bonds is 7. The lowest BCUT2D eigenvalue weighted by Gasteiger charge is -2.33. The van der Waals surface area contributed by atoms with Gasteiger partial charge in [-0.05, 0) is 66.8 Å². The van der Waals surface area contributed by atoms with Crippen molar-refractivity contribution >= 4 is 11.8 Å². The predicted octanol–water partition coefficient (Wildman–Crippen LogP) is 4.64. The van der Waals surface area contributed by atoms with Crippen molar-refractivity contribution in [1.82, 2.24) is 20.0 Å². The van der Waals surface area contributed by atoms with Crippen LogP contribution in [0.1, 0.15) is 59.5 Å². The highest BCUT2D eigenvalue weighted by atomic mass is 19.1. The number of hydrogen-bond donors (Lipinski definition) is 1. The van der Waals surface area contributed by atoms with E-state index >= 15 is 0 Å². The Morgan fingerprint density at radius 2 is 1.84 bits per heavy atom. The van der Waals surface area contributed by atoms with Crippen LogP contribution >= 0.6 is 0 Å². The Labute approximate surface area is 216 Å². The molecule has 1 saturated heterocycles. The summed E-state index contributed by atoms with van der Waals surface area (Å²) >= 11 is 0. The molecule has 2 aliphatic rings. The number of hydrogen-bond acceptors (Lipinski definition) is 4. The number of nitrogens with one attached hydrogen (secondary N) is 1. The molecule has 2 fully saturated rings. The lowest BCUT2D eigenvalue weighted by atomic mass is 9.92. The normalized spacial score (nSPS) is 18.2. The van der Waals surface area contributed by atoms with E-state index in [-0.39, 0.29) is 40.5 Å². The molecule has 1 saturated carbocycles. The maximum Gasteiger partial charge on any atom is 0.272 e. The number of ether oxygens (including phenoxy) is 1. The number of amides is 2. The van der Waals surface area contributed by atoms with Gasteiger partial charge in [-0.15, -0.1) is 0 Å². The quantitative estimate of drug-likeness (QED) is 0.509. The fourth-order valence-corrected chi connectivity index (χ4v) is 5.35. The molecular weight excluding hydrogens is 471 g/mol. The summed E-state index contributed by atoms with van der Waals surface area (Å²) in [5, 5.41) is 7.40. The van der Waals surface area contributed by atoms with Gasteiger partial charge in [0.1, 0.15) is 11.5 Å². The van der Waals surface area contributed by atoms with Crippen molar-refractivity contribution in [2.45, 2.75) is 45.6 Å². The van der Waals surface area contributed by atoms with Gasteiger partial charge in [-0.25, -0.2) is 4.39 Å². The number of carbonyl (C=O) groups is 2.